The molecule has 2 rings (SSSR count). The molecule has 0 amide bonds. The third-order valence-electron chi connectivity index (χ3n) is 2.56. The van der Waals surface area contributed by atoms with Gasteiger partial charge in [0, 0.05) is 16.5 Å². The van der Waals surface area contributed by atoms with Crippen LogP contribution in [0.5, 0.6) is 5.75 Å². The van der Waals surface area contributed by atoms with Crippen LogP contribution < -0.4 is 10.5 Å². The van der Waals surface area contributed by atoms with E-state index in [2.05, 4.69) is 30.9 Å². The average molecular weight is 293 g/mol. The molecule has 0 aliphatic heterocycles. The second-order valence-electron chi connectivity index (χ2n) is 5.38. The summed E-state index contributed by atoms with van der Waals surface area (Å²) in [6.07, 6.45) is 0. The Bertz CT molecular complexity index is 590. The van der Waals surface area contributed by atoms with Crippen LogP contribution in [-0.2, 0) is 5.75 Å². The van der Waals surface area contributed by atoms with E-state index in [1.165, 1.54) is 0 Å². The number of hydrogen-bond donors (Lipinski definition) is 1. The van der Waals surface area contributed by atoms with Gasteiger partial charge in [-0.25, -0.2) is 0 Å². The lowest BCUT2D eigenvalue weighted by molar-refractivity contribution is 0.403. The van der Waals surface area contributed by atoms with E-state index in [4.69, 9.17) is 15.0 Å². The van der Waals surface area contributed by atoms with Crippen LogP contribution in [0.4, 0.5) is 5.69 Å². The highest BCUT2D eigenvalue weighted by molar-refractivity contribution is 7.99. The third-order valence-corrected chi connectivity index (χ3v) is 3.83. The minimum Gasteiger partial charge on any atom is -0.496 e. The van der Waals surface area contributed by atoms with Crippen LogP contribution in [0.15, 0.2) is 22.7 Å². The molecule has 0 unspecified atom stereocenters. The van der Waals surface area contributed by atoms with Crippen LogP contribution in [0.3, 0.4) is 0 Å². The summed E-state index contributed by atoms with van der Waals surface area (Å²) in [5, 5.41) is 4.00. The van der Waals surface area contributed by atoms with Crippen molar-refractivity contribution in [2.75, 3.05) is 12.8 Å². The molecule has 2 aromatic rings. The predicted octanol–water partition coefficient (Wildman–Crippen LogP) is 3.36. The van der Waals surface area contributed by atoms with Crippen LogP contribution in [0.25, 0.3) is 11.5 Å². The van der Waals surface area contributed by atoms with Gasteiger partial charge in [-0.2, -0.15) is 4.98 Å². The lowest BCUT2D eigenvalue weighted by Gasteiger charge is -2.15. The Balaban J connectivity index is 2.20. The first-order valence-electron chi connectivity index (χ1n) is 6.29. The molecule has 1 aromatic carbocycles. The first-order chi connectivity index (χ1) is 9.39. The molecular formula is C14H19N3O2S. The van der Waals surface area contributed by atoms with Crippen LogP contribution in [-0.4, -0.2) is 22.0 Å². The van der Waals surface area contributed by atoms with Crippen molar-refractivity contribution in [1.82, 2.24) is 10.1 Å². The Morgan fingerprint density at radius 2 is 2.10 bits per heavy atom. The molecule has 0 saturated carbocycles. The number of nitrogen functional groups attached to an aromatic ring is 1. The fourth-order valence-electron chi connectivity index (χ4n) is 1.59. The Kier molecular flexibility index (Phi) is 4.23. The summed E-state index contributed by atoms with van der Waals surface area (Å²) >= 11 is 1.77. The quantitative estimate of drug-likeness (QED) is 0.871. The number of thioether (sulfide) groups is 1. The van der Waals surface area contributed by atoms with E-state index in [0.717, 1.165) is 5.56 Å². The molecule has 0 fully saturated rings. The van der Waals surface area contributed by atoms with Crippen LogP contribution in [0.1, 0.15) is 26.6 Å². The van der Waals surface area contributed by atoms with Crippen molar-refractivity contribution >= 4 is 17.4 Å². The molecule has 6 heteroatoms. The standard InChI is InChI=1S/C14H19N3O2S/c1-14(2,3)20-8-12-16-13(19-17-12)10-6-5-9(15)7-11(10)18-4/h5-7H,8,15H2,1-4H3. The third kappa shape index (κ3) is 3.66. The van der Waals surface area contributed by atoms with E-state index >= 15 is 0 Å². The van der Waals surface area contributed by atoms with Crippen molar-refractivity contribution in [2.45, 2.75) is 31.3 Å². The highest BCUT2D eigenvalue weighted by Gasteiger charge is 2.16. The normalized spacial score (nSPS) is 11.6. The summed E-state index contributed by atoms with van der Waals surface area (Å²) in [4.78, 5) is 4.40. The van der Waals surface area contributed by atoms with Crippen LogP contribution in [0.2, 0.25) is 0 Å². The van der Waals surface area contributed by atoms with Crippen LogP contribution >= 0.6 is 11.8 Å². The number of aromatic nitrogens is 2. The SMILES string of the molecule is COc1cc(N)ccc1-c1nc(CSC(C)(C)C)no1. The zero-order valence-electron chi connectivity index (χ0n) is 12.1. The first kappa shape index (κ1) is 14.7. The molecular weight excluding hydrogens is 274 g/mol. The molecule has 5 nitrogen and oxygen atoms in total. The zero-order chi connectivity index (χ0) is 14.8. The van der Waals surface area contributed by atoms with Gasteiger partial charge in [0.05, 0.1) is 18.4 Å². The maximum Gasteiger partial charge on any atom is 0.261 e. The molecule has 0 aliphatic rings. The second-order valence-corrected chi connectivity index (χ2v) is 7.18. The van der Waals surface area contributed by atoms with Gasteiger partial charge in [-0.15, -0.1) is 11.8 Å². The number of nitrogens with zero attached hydrogens (tertiary/aromatic N) is 2. The number of hydrogen-bond acceptors (Lipinski definition) is 6. The van der Waals surface area contributed by atoms with E-state index in [1.54, 1.807) is 31.0 Å². The van der Waals surface area contributed by atoms with Crippen molar-refractivity contribution in [2.24, 2.45) is 0 Å². The molecule has 0 atom stereocenters. The number of nitrogens with two attached hydrogens (primary N) is 1. The first-order valence-corrected chi connectivity index (χ1v) is 7.28. The Morgan fingerprint density at radius 3 is 2.75 bits per heavy atom. The van der Waals surface area contributed by atoms with E-state index in [9.17, 15) is 0 Å². The van der Waals surface area contributed by atoms with Gasteiger partial charge < -0.3 is 15.0 Å². The molecule has 20 heavy (non-hydrogen) atoms. The number of ether oxygens (including phenoxy) is 1. The molecule has 2 N–H and O–H groups in total. The van der Waals surface area contributed by atoms with Crippen molar-refractivity contribution in [3.63, 3.8) is 0 Å². The topological polar surface area (TPSA) is 74.2 Å². The number of anilines is 1. The van der Waals surface area contributed by atoms with Crippen LogP contribution in [0, 0.1) is 0 Å². The maximum absolute atomic E-state index is 5.73. The van der Waals surface area contributed by atoms with Crippen molar-refractivity contribution in [3.05, 3.63) is 24.0 Å². The smallest absolute Gasteiger partial charge is 0.261 e. The van der Waals surface area contributed by atoms with Gasteiger partial charge >= 0.3 is 0 Å². The van der Waals surface area contributed by atoms with Crippen molar-refractivity contribution in [1.29, 1.82) is 0 Å². The van der Waals surface area contributed by atoms with Crippen molar-refractivity contribution in [3.8, 4) is 17.2 Å². The van der Waals surface area contributed by atoms with E-state index in [0.29, 0.717) is 28.9 Å². The number of methoxy groups -OCH3 is 1. The number of rotatable bonds is 4. The highest BCUT2D eigenvalue weighted by Crippen LogP contribution is 2.32. The molecule has 108 valence electrons. The Morgan fingerprint density at radius 1 is 1.35 bits per heavy atom. The fourth-order valence-corrected chi connectivity index (χ4v) is 2.27. The van der Waals surface area contributed by atoms with Gasteiger partial charge in [0.1, 0.15) is 5.75 Å². The largest absolute Gasteiger partial charge is 0.496 e. The van der Waals surface area contributed by atoms with Crippen molar-refractivity contribution < 1.29 is 9.26 Å². The number of benzene rings is 1. The zero-order valence-corrected chi connectivity index (χ0v) is 13.0. The molecule has 1 heterocycles. The Labute approximate surface area is 122 Å². The molecule has 0 bridgehead atoms. The molecule has 0 saturated heterocycles. The second kappa shape index (κ2) is 5.75. The van der Waals surface area contributed by atoms with Gasteiger partial charge in [-0.1, -0.05) is 25.9 Å². The summed E-state index contributed by atoms with van der Waals surface area (Å²) < 4.78 is 10.8. The minimum atomic E-state index is 0.166. The molecule has 0 aliphatic carbocycles. The summed E-state index contributed by atoms with van der Waals surface area (Å²) in [5.41, 5.74) is 7.12. The van der Waals surface area contributed by atoms with Gasteiger partial charge in [-0.05, 0) is 12.1 Å². The summed E-state index contributed by atoms with van der Waals surface area (Å²) in [6.45, 7) is 6.46. The summed E-state index contributed by atoms with van der Waals surface area (Å²) in [7, 11) is 1.59. The average Bonchev–Trinajstić information content (AvgIpc) is 2.84. The molecule has 0 spiro atoms. The van der Waals surface area contributed by atoms with E-state index < -0.39 is 0 Å². The fraction of sp³-hybridized carbons (Fsp3) is 0.429. The monoisotopic (exact) mass is 293 g/mol. The highest BCUT2D eigenvalue weighted by atomic mass is 32.2. The predicted molar refractivity (Wildman–Crippen MR) is 81.7 cm³/mol. The minimum absolute atomic E-state index is 0.166. The Hall–Kier alpha value is -1.69. The van der Waals surface area contributed by atoms with Gasteiger partial charge in [0.25, 0.3) is 5.89 Å². The lowest BCUT2D eigenvalue weighted by atomic mass is 10.2. The lowest BCUT2D eigenvalue weighted by Crippen LogP contribution is -2.07. The van der Waals surface area contributed by atoms with E-state index in [-0.39, 0.29) is 4.75 Å². The van der Waals surface area contributed by atoms with Gasteiger partial charge in [-0.3, -0.25) is 0 Å². The van der Waals surface area contributed by atoms with Gasteiger partial charge in [0.15, 0.2) is 5.82 Å². The molecule has 0 radical (unpaired) electrons. The summed E-state index contributed by atoms with van der Waals surface area (Å²) in [5.74, 6) is 2.47. The maximum atomic E-state index is 5.73. The molecule has 1 aromatic heterocycles. The van der Waals surface area contributed by atoms with E-state index in [1.807, 2.05) is 6.07 Å². The summed E-state index contributed by atoms with van der Waals surface area (Å²) in [6, 6.07) is 5.34. The van der Waals surface area contributed by atoms with Gasteiger partial charge in [0.2, 0.25) is 0 Å².